The minimum atomic E-state index is -3.89. The van der Waals surface area contributed by atoms with Gasteiger partial charge in [0.05, 0.1) is 11.6 Å². The first kappa shape index (κ1) is 21.1. The highest BCUT2D eigenvalue weighted by Crippen LogP contribution is 2.60. The van der Waals surface area contributed by atoms with E-state index in [4.69, 9.17) is 5.11 Å². The molecule has 0 fully saturated rings. The summed E-state index contributed by atoms with van der Waals surface area (Å²) in [6, 6.07) is 13.2. The molecule has 0 aliphatic carbocycles. The molecule has 2 aromatic carbocycles. The predicted octanol–water partition coefficient (Wildman–Crippen LogP) is 4.52. The normalized spacial score (nSPS) is 15.8. The average Bonchev–Trinajstić information content (AvgIpc) is 2.62. The molecule has 0 saturated carbocycles. The Labute approximate surface area is 158 Å². The first-order chi connectivity index (χ1) is 12.8. The Bertz CT molecular complexity index is 857. The maximum Gasteiger partial charge on any atom is 0.307 e. The van der Waals surface area contributed by atoms with Crippen molar-refractivity contribution in [1.29, 1.82) is 0 Å². The van der Waals surface area contributed by atoms with Crippen LogP contribution in [0.25, 0.3) is 10.8 Å². The number of carboxylic acid groups (broad SMARTS) is 2. The first-order valence-electron chi connectivity index (χ1n) is 9.00. The van der Waals surface area contributed by atoms with E-state index in [-0.39, 0.29) is 12.8 Å². The number of hydrogen-bond donors (Lipinski definition) is 3. The number of benzene rings is 2. The van der Waals surface area contributed by atoms with Gasteiger partial charge in [0, 0.05) is 12.6 Å². The van der Waals surface area contributed by atoms with Gasteiger partial charge in [-0.25, -0.2) is 0 Å². The largest absolute Gasteiger partial charge is 0.481 e. The van der Waals surface area contributed by atoms with Crippen LogP contribution in [0, 0.1) is 5.92 Å². The van der Waals surface area contributed by atoms with E-state index in [1.807, 2.05) is 49.4 Å². The number of carboxylic acids is 2. The molecule has 3 atom stereocenters. The fraction of sp³-hybridized carbons (Fsp3) is 0.400. The molecule has 0 bridgehead atoms. The van der Waals surface area contributed by atoms with E-state index in [1.54, 1.807) is 0 Å². The molecule has 27 heavy (non-hydrogen) atoms. The Balaban J connectivity index is 2.39. The molecule has 3 N–H and O–H groups in total. The van der Waals surface area contributed by atoms with Crippen LogP contribution in [0.3, 0.4) is 0 Å². The summed E-state index contributed by atoms with van der Waals surface area (Å²) in [5.74, 6) is -3.52. The predicted molar refractivity (Wildman–Crippen MR) is 104 cm³/mol. The molecule has 0 aliphatic heterocycles. The van der Waals surface area contributed by atoms with Crippen LogP contribution >= 0.6 is 7.37 Å². The second-order valence-electron chi connectivity index (χ2n) is 6.78. The Hall–Kier alpha value is -2.17. The zero-order valence-corrected chi connectivity index (χ0v) is 16.1. The average molecular weight is 392 g/mol. The van der Waals surface area contributed by atoms with Crippen LogP contribution in [0.5, 0.6) is 0 Å². The lowest BCUT2D eigenvalue weighted by Gasteiger charge is -2.26. The zero-order chi connectivity index (χ0) is 20.0. The third kappa shape index (κ3) is 5.41. The van der Waals surface area contributed by atoms with Gasteiger partial charge in [0.15, 0.2) is 0 Å². The molecular formula is C20H25O6P. The van der Waals surface area contributed by atoms with Crippen molar-refractivity contribution in [2.45, 2.75) is 38.3 Å². The van der Waals surface area contributed by atoms with Gasteiger partial charge < -0.3 is 15.1 Å². The van der Waals surface area contributed by atoms with Crippen molar-refractivity contribution in [1.82, 2.24) is 0 Å². The van der Waals surface area contributed by atoms with E-state index >= 15 is 0 Å². The summed E-state index contributed by atoms with van der Waals surface area (Å²) in [6.07, 6.45) is 0.190. The highest BCUT2D eigenvalue weighted by atomic mass is 31.2. The van der Waals surface area contributed by atoms with Crippen molar-refractivity contribution in [3.8, 4) is 0 Å². The van der Waals surface area contributed by atoms with E-state index in [0.29, 0.717) is 12.8 Å². The SMILES string of the molecule is CCCC(c1cccc2ccccc12)P(=O)(O)CC(CCC(=O)O)C(=O)O. The van der Waals surface area contributed by atoms with E-state index in [0.717, 1.165) is 16.3 Å². The van der Waals surface area contributed by atoms with Crippen LogP contribution < -0.4 is 0 Å². The van der Waals surface area contributed by atoms with Gasteiger partial charge in [-0.15, -0.1) is 0 Å². The standard InChI is InChI=1S/C20H25O6P/c1-2-6-18(17-10-5-8-14-7-3-4-9-16(14)17)27(25,26)13-15(20(23)24)11-12-19(21)22/h3-5,7-10,15,18H,2,6,11-13H2,1H3,(H,21,22)(H,23,24)(H,25,26). The smallest absolute Gasteiger partial charge is 0.307 e. The number of rotatable bonds is 10. The van der Waals surface area contributed by atoms with Crippen molar-refractivity contribution in [3.05, 3.63) is 48.0 Å². The summed E-state index contributed by atoms with van der Waals surface area (Å²) in [5, 5.41) is 20.0. The minimum Gasteiger partial charge on any atom is -0.481 e. The first-order valence-corrected chi connectivity index (χ1v) is 10.9. The molecule has 2 aromatic rings. The number of fused-ring (bicyclic) bond motifs is 1. The molecular weight excluding hydrogens is 367 g/mol. The summed E-state index contributed by atoms with van der Waals surface area (Å²) in [7, 11) is -3.89. The van der Waals surface area contributed by atoms with Crippen LogP contribution in [-0.2, 0) is 14.2 Å². The van der Waals surface area contributed by atoms with Gasteiger partial charge in [-0.1, -0.05) is 55.8 Å². The van der Waals surface area contributed by atoms with Crippen molar-refractivity contribution < 1.29 is 29.3 Å². The second-order valence-corrected chi connectivity index (χ2v) is 9.28. The zero-order valence-electron chi connectivity index (χ0n) is 15.2. The molecule has 0 aliphatic rings. The molecule has 0 amide bonds. The van der Waals surface area contributed by atoms with E-state index < -0.39 is 37.0 Å². The second kappa shape index (κ2) is 9.16. The summed E-state index contributed by atoms with van der Waals surface area (Å²) in [5.41, 5.74) is 0.0587. The van der Waals surface area contributed by atoms with Crippen molar-refractivity contribution >= 4 is 30.1 Å². The Morgan fingerprint density at radius 3 is 2.33 bits per heavy atom. The third-order valence-electron chi connectivity index (χ3n) is 4.77. The van der Waals surface area contributed by atoms with Crippen LogP contribution in [-0.4, -0.2) is 33.2 Å². The summed E-state index contributed by atoms with van der Waals surface area (Å²) in [4.78, 5) is 33.1. The van der Waals surface area contributed by atoms with Crippen LogP contribution in [0.4, 0.5) is 0 Å². The Morgan fingerprint density at radius 1 is 1.04 bits per heavy atom. The van der Waals surface area contributed by atoms with Gasteiger partial charge in [0.1, 0.15) is 0 Å². The lowest BCUT2D eigenvalue weighted by molar-refractivity contribution is -0.142. The Kier molecular flexibility index (Phi) is 7.17. The lowest BCUT2D eigenvalue weighted by atomic mass is 10.00. The summed E-state index contributed by atoms with van der Waals surface area (Å²) < 4.78 is 13.3. The van der Waals surface area contributed by atoms with Crippen molar-refractivity contribution in [2.24, 2.45) is 5.92 Å². The summed E-state index contributed by atoms with van der Waals surface area (Å²) in [6.45, 7) is 1.91. The van der Waals surface area contributed by atoms with Crippen molar-refractivity contribution in [2.75, 3.05) is 6.16 Å². The topological polar surface area (TPSA) is 112 Å². The molecule has 146 valence electrons. The fourth-order valence-corrected chi connectivity index (χ4v) is 5.97. The van der Waals surface area contributed by atoms with Crippen molar-refractivity contribution in [3.63, 3.8) is 0 Å². The minimum absolute atomic E-state index is 0.163. The maximum absolute atomic E-state index is 13.3. The molecule has 3 unspecified atom stereocenters. The molecule has 0 aromatic heterocycles. The number of carbonyl (C=O) groups is 2. The summed E-state index contributed by atoms with van der Waals surface area (Å²) >= 11 is 0. The third-order valence-corrected chi connectivity index (χ3v) is 7.24. The number of hydrogen-bond acceptors (Lipinski definition) is 3. The van der Waals surface area contributed by atoms with Crippen LogP contribution in [0.2, 0.25) is 0 Å². The molecule has 0 spiro atoms. The molecule has 7 heteroatoms. The lowest BCUT2D eigenvalue weighted by Crippen LogP contribution is -2.21. The number of aliphatic carboxylic acids is 2. The quantitative estimate of drug-likeness (QED) is 0.513. The molecule has 0 heterocycles. The maximum atomic E-state index is 13.3. The molecule has 2 rings (SSSR count). The molecule has 6 nitrogen and oxygen atoms in total. The van der Waals surface area contributed by atoms with E-state index in [2.05, 4.69) is 0 Å². The van der Waals surface area contributed by atoms with Crippen LogP contribution in [0.15, 0.2) is 42.5 Å². The van der Waals surface area contributed by atoms with Gasteiger partial charge in [-0.05, 0) is 29.2 Å². The van der Waals surface area contributed by atoms with E-state index in [1.165, 1.54) is 0 Å². The van der Waals surface area contributed by atoms with Gasteiger partial charge >= 0.3 is 11.9 Å². The van der Waals surface area contributed by atoms with Gasteiger partial charge in [-0.2, -0.15) is 0 Å². The molecule has 0 radical (unpaired) electrons. The highest BCUT2D eigenvalue weighted by molar-refractivity contribution is 7.58. The van der Waals surface area contributed by atoms with Gasteiger partial charge in [-0.3, -0.25) is 14.2 Å². The molecule has 0 saturated heterocycles. The Morgan fingerprint density at radius 2 is 1.70 bits per heavy atom. The fourth-order valence-electron chi connectivity index (χ4n) is 3.42. The van der Waals surface area contributed by atoms with Gasteiger partial charge in [0.25, 0.3) is 0 Å². The monoisotopic (exact) mass is 392 g/mol. The van der Waals surface area contributed by atoms with Crippen LogP contribution in [0.1, 0.15) is 43.8 Å². The highest BCUT2D eigenvalue weighted by Gasteiger charge is 2.37. The van der Waals surface area contributed by atoms with E-state index in [9.17, 15) is 24.2 Å². The van der Waals surface area contributed by atoms with Gasteiger partial charge in [0.2, 0.25) is 7.37 Å².